The van der Waals surface area contributed by atoms with Crippen LogP contribution in [0.1, 0.15) is 12.8 Å². The third kappa shape index (κ3) is 3.36. The van der Waals surface area contributed by atoms with Crippen LogP contribution in [0.25, 0.3) is 0 Å². The Kier molecular flexibility index (Phi) is 4.85. The summed E-state index contributed by atoms with van der Waals surface area (Å²) in [5.74, 6) is 0. The average molecular weight is 275 g/mol. The minimum Gasteiger partial charge on any atom is -0.390 e. The molecule has 4 atom stereocenters. The van der Waals surface area contributed by atoms with Crippen LogP contribution in [-0.4, -0.2) is 70.7 Å². The number of aliphatic imine (C=N–C) groups is 1. The number of nitrogens with two attached hydrogens (primary N) is 1. The van der Waals surface area contributed by atoms with Gasteiger partial charge in [0.2, 0.25) is 0 Å². The van der Waals surface area contributed by atoms with Crippen molar-refractivity contribution in [2.24, 2.45) is 10.7 Å². The van der Waals surface area contributed by atoms with Crippen LogP contribution < -0.4 is 5.73 Å². The summed E-state index contributed by atoms with van der Waals surface area (Å²) in [6.45, 7) is 2.75. The minimum absolute atomic E-state index is 0.238. The summed E-state index contributed by atoms with van der Waals surface area (Å²) in [6, 6.07) is 0. The smallest absolute Gasteiger partial charge is 0.156 e. The fourth-order valence-electron chi connectivity index (χ4n) is 2.15. The number of aliphatic hydroxyl groups is 2. The zero-order chi connectivity index (χ0) is 13.1. The average Bonchev–Trinajstić information content (AvgIpc) is 2.29. The summed E-state index contributed by atoms with van der Waals surface area (Å²) in [5, 5.41) is 20.2. The van der Waals surface area contributed by atoms with Crippen molar-refractivity contribution >= 4 is 16.9 Å². The van der Waals surface area contributed by atoms with E-state index in [1.807, 2.05) is 0 Å². The van der Waals surface area contributed by atoms with E-state index in [1.165, 1.54) is 18.2 Å². The summed E-state index contributed by atoms with van der Waals surface area (Å²) in [4.78, 5) is 6.08. The van der Waals surface area contributed by atoms with Gasteiger partial charge in [0, 0.05) is 20.0 Å². The van der Waals surface area contributed by atoms with Crippen molar-refractivity contribution < 1.29 is 14.9 Å². The van der Waals surface area contributed by atoms with Crippen LogP contribution in [0.5, 0.6) is 0 Å². The van der Waals surface area contributed by atoms with Gasteiger partial charge in [-0.2, -0.15) is 0 Å². The first-order valence-electron chi connectivity index (χ1n) is 6.23. The van der Waals surface area contributed by atoms with E-state index in [1.54, 1.807) is 7.05 Å². The molecule has 6 nitrogen and oxygen atoms in total. The van der Waals surface area contributed by atoms with Crippen molar-refractivity contribution in [1.82, 2.24) is 4.90 Å². The molecule has 2 saturated heterocycles. The number of aliphatic hydroxyl groups excluding tert-OH is 2. The number of hydrogen-bond acceptors (Lipinski definition) is 6. The zero-order valence-electron chi connectivity index (χ0n) is 10.5. The number of ether oxygens (including phenoxy) is 1. The molecule has 2 aliphatic rings. The number of nitrogens with zero attached hydrogens (tertiary/aromatic N) is 2. The molecule has 4 N–H and O–H groups in total. The van der Waals surface area contributed by atoms with E-state index >= 15 is 0 Å². The fourth-order valence-corrected chi connectivity index (χ4v) is 3.01. The van der Waals surface area contributed by atoms with E-state index < -0.39 is 12.2 Å². The Bertz CT molecular complexity index is 312. The molecule has 0 aromatic rings. The monoisotopic (exact) mass is 275 g/mol. The lowest BCUT2D eigenvalue weighted by atomic mass is 10.0. The minimum atomic E-state index is -0.817. The highest BCUT2D eigenvalue weighted by Gasteiger charge is 2.38. The lowest BCUT2D eigenvalue weighted by Crippen LogP contribution is -2.54. The first kappa shape index (κ1) is 14.1. The summed E-state index contributed by atoms with van der Waals surface area (Å²) in [5.41, 5.74) is 5.41. The van der Waals surface area contributed by atoms with E-state index in [4.69, 9.17) is 10.5 Å². The second kappa shape index (κ2) is 6.21. The SMILES string of the molecule is CN=C(N)SC1CC(O)C(O)C(CN2CCC2)O1. The molecule has 2 fully saturated rings. The number of rotatable bonds is 3. The highest BCUT2D eigenvalue weighted by molar-refractivity contribution is 8.14. The first-order chi connectivity index (χ1) is 8.60. The largest absolute Gasteiger partial charge is 0.390 e. The lowest BCUT2D eigenvalue weighted by molar-refractivity contribution is -0.153. The highest BCUT2D eigenvalue weighted by Crippen LogP contribution is 2.28. The molecule has 0 aromatic heterocycles. The first-order valence-corrected chi connectivity index (χ1v) is 7.11. The molecule has 2 heterocycles. The van der Waals surface area contributed by atoms with Crippen LogP contribution in [0.3, 0.4) is 0 Å². The predicted molar refractivity (Wildman–Crippen MR) is 71.5 cm³/mol. The number of likely N-dealkylation sites (tertiary alicyclic amines) is 1. The molecule has 0 aliphatic carbocycles. The second-order valence-electron chi connectivity index (χ2n) is 4.73. The Labute approximate surface area is 111 Å². The molecule has 104 valence electrons. The van der Waals surface area contributed by atoms with Crippen LogP contribution in [-0.2, 0) is 4.74 Å². The molecule has 18 heavy (non-hydrogen) atoms. The summed E-state index contributed by atoms with van der Waals surface area (Å²) in [6.07, 6.45) is -0.358. The summed E-state index contributed by atoms with van der Waals surface area (Å²) in [7, 11) is 1.62. The molecule has 7 heteroatoms. The molecular formula is C11H21N3O3S. The van der Waals surface area contributed by atoms with E-state index in [-0.39, 0.29) is 11.5 Å². The summed E-state index contributed by atoms with van der Waals surface area (Å²) >= 11 is 1.30. The van der Waals surface area contributed by atoms with Crippen molar-refractivity contribution in [3.8, 4) is 0 Å². The summed E-state index contributed by atoms with van der Waals surface area (Å²) < 4.78 is 5.80. The van der Waals surface area contributed by atoms with Gasteiger partial charge >= 0.3 is 0 Å². The molecular weight excluding hydrogens is 254 g/mol. The van der Waals surface area contributed by atoms with Crippen molar-refractivity contribution in [2.45, 2.75) is 36.6 Å². The van der Waals surface area contributed by atoms with Gasteiger partial charge in [0.15, 0.2) is 5.17 Å². The molecule has 0 saturated carbocycles. The van der Waals surface area contributed by atoms with Crippen LogP contribution in [0.2, 0.25) is 0 Å². The number of hydrogen-bond donors (Lipinski definition) is 3. The molecule has 0 spiro atoms. The molecule has 0 aromatic carbocycles. The van der Waals surface area contributed by atoms with Gasteiger partial charge < -0.3 is 25.6 Å². The molecule has 2 aliphatic heterocycles. The van der Waals surface area contributed by atoms with Gasteiger partial charge in [-0.15, -0.1) is 0 Å². The molecule has 0 radical (unpaired) electrons. The van der Waals surface area contributed by atoms with E-state index in [0.717, 1.165) is 13.1 Å². The number of thioether (sulfide) groups is 1. The quantitative estimate of drug-likeness (QED) is 0.462. The van der Waals surface area contributed by atoms with Crippen LogP contribution in [0.4, 0.5) is 0 Å². The Hall–Kier alpha value is -0.340. The van der Waals surface area contributed by atoms with Crippen LogP contribution in [0.15, 0.2) is 4.99 Å². The Morgan fingerprint density at radius 2 is 2.22 bits per heavy atom. The number of amidine groups is 1. The third-order valence-electron chi connectivity index (χ3n) is 3.40. The maximum Gasteiger partial charge on any atom is 0.156 e. The Morgan fingerprint density at radius 1 is 1.50 bits per heavy atom. The Morgan fingerprint density at radius 3 is 2.78 bits per heavy atom. The van der Waals surface area contributed by atoms with Crippen LogP contribution in [0, 0.1) is 0 Å². The fraction of sp³-hybridized carbons (Fsp3) is 0.909. The normalized spacial score (nSPS) is 38.5. The lowest BCUT2D eigenvalue weighted by Gasteiger charge is -2.41. The Balaban J connectivity index is 1.90. The van der Waals surface area contributed by atoms with Crippen molar-refractivity contribution in [3.63, 3.8) is 0 Å². The van der Waals surface area contributed by atoms with Crippen molar-refractivity contribution in [3.05, 3.63) is 0 Å². The predicted octanol–water partition coefficient (Wildman–Crippen LogP) is -0.793. The highest BCUT2D eigenvalue weighted by atomic mass is 32.2. The van der Waals surface area contributed by atoms with Crippen molar-refractivity contribution in [2.75, 3.05) is 26.7 Å². The maximum absolute atomic E-state index is 9.94. The maximum atomic E-state index is 9.94. The van der Waals surface area contributed by atoms with E-state index in [0.29, 0.717) is 18.1 Å². The molecule has 2 rings (SSSR count). The third-order valence-corrected chi connectivity index (χ3v) is 4.39. The van der Waals surface area contributed by atoms with Crippen LogP contribution >= 0.6 is 11.8 Å². The molecule has 0 amide bonds. The van der Waals surface area contributed by atoms with Gasteiger partial charge in [-0.25, -0.2) is 0 Å². The van der Waals surface area contributed by atoms with Gasteiger partial charge in [0.1, 0.15) is 17.6 Å². The molecule has 0 bridgehead atoms. The van der Waals surface area contributed by atoms with Gasteiger partial charge in [0.05, 0.1) is 6.10 Å². The van der Waals surface area contributed by atoms with Gasteiger partial charge in [-0.3, -0.25) is 4.99 Å². The van der Waals surface area contributed by atoms with Crippen molar-refractivity contribution in [1.29, 1.82) is 0 Å². The van der Waals surface area contributed by atoms with E-state index in [2.05, 4.69) is 9.89 Å². The van der Waals surface area contributed by atoms with Gasteiger partial charge in [-0.05, 0) is 19.5 Å². The second-order valence-corrected chi connectivity index (χ2v) is 5.91. The van der Waals surface area contributed by atoms with E-state index in [9.17, 15) is 10.2 Å². The molecule has 4 unspecified atom stereocenters. The topological polar surface area (TPSA) is 91.3 Å². The van der Waals surface area contributed by atoms with Gasteiger partial charge in [0.25, 0.3) is 0 Å². The standard InChI is InChI=1S/C11H21N3O3S/c1-13-11(12)18-9-5-7(15)10(16)8(17-9)6-14-3-2-4-14/h7-10,15-16H,2-6H2,1H3,(H2,12,13). The van der Waals surface area contributed by atoms with Gasteiger partial charge in [-0.1, -0.05) is 11.8 Å². The zero-order valence-corrected chi connectivity index (χ0v) is 11.3.